The van der Waals surface area contributed by atoms with Gasteiger partial charge in [-0.05, 0) is 86.8 Å². The molecular formula is C42H60ClN6O9S2+. The molecule has 1 saturated heterocycles. The van der Waals surface area contributed by atoms with Crippen LogP contribution in [0.15, 0.2) is 48.5 Å². The molecule has 1 aliphatic rings. The van der Waals surface area contributed by atoms with Gasteiger partial charge in [0, 0.05) is 49.7 Å². The summed E-state index contributed by atoms with van der Waals surface area (Å²) >= 11 is 6.06. The van der Waals surface area contributed by atoms with Crippen molar-refractivity contribution in [2.75, 3.05) is 74.9 Å². The van der Waals surface area contributed by atoms with Gasteiger partial charge in [0.1, 0.15) is 44.4 Å². The van der Waals surface area contributed by atoms with Crippen molar-refractivity contribution in [3.63, 3.8) is 0 Å². The Kier molecular flexibility index (Phi) is 18.6. The van der Waals surface area contributed by atoms with E-state index in [0.29, 0.717) is 37.2 Å². The lowest BCUT2D eigenvalue weighted by molar-refractivity contribution is -0.933. The number of anilines is 2. The molecule has 18 heteroatoms. The predicted molar refractivity (Wildman–Crippen MR) is 234 cm³/mol. The lowest BCUT2D eigenvalue weighted by Gasteiger charge is -2.45. The number of piperidine rings is 1. The van der Waals surface area contributed by atoms with E-state index in [2.05, 4.69) is 15.3 Å². The van der Waals surface area contributed by atoms with E-state index >= 15 is 0 Å². The van der Waals surface area contributed by atoms with Gasteiger partial charge in [-0.25, -0.2) is 26.8 Å². The summed E-state index contributed by atoms with van der Waals surface area (Å²) in [4.78, 5) is 45.8. The number of hydrogen-bond acceptors (Lipinski definition) is 13. The van der Waals surface area contributed by atoms with Gasteiger partial charge in [-0.1, -0.05) is 35.9 Å². The first kappa shape index (κ1) is 48.3. The van der Waals surface area contributed by atoms with Crippen LogP contribution in [0.2, 0.25) is 5.15 Å². The van der Waals surface area contributed by atoms with Crippen molar-refractivity contribution in [1.29, 1.82) is 0 Å². The van der Waals surface area contributed by atoms with Crippen LogP contribution in [0.3, 0.4) is 0 Å². The molecule has 330 valence electrons. The lowest BCUT2D eigenvalue weighted by Crippen LogP contribution is -2.60. The summed E-state index contributed by atoms with van der Waals surface area (Å²) in [5.74, 6) is 0.633. The summed E-state index contributed by atoms with van der Waals surface area (Å²) in [5, 5.41) is 3.04. The standard InChI is InChI=1S/C42H59ClN6O9S2/c1-59(53,54)26-5-3-13-34(50)29-57-36-19-15-31(16-20-36)10-7-23-49(25-9-12-33(28-49)46-42(52)38-40(44)48-41(45)39(43)47-38)24-8-11-32-17-21-37(22-18-32)58-30-35(51)14-4-6-27-60(2,55)56/h15-22,33H,3-14,23-30H2,1-2H3,(H4-,44,45,46,48,52)/p+1/t33-/m0/s1. The second-order valence-corrected chi connectivity index (χ2v) is 20.8. The molecule has 60 heavy (non-hydrogen) atoms. The number of amides is 1. The summed E-state index contributed by atoms with van der Waals surface area (Å²) < 4.78 is 57.4. The molecule has 4 rings (SSSR count). The Morgan fingerprint density at radius 1 is 0.733 bits per heavy atom. The number of nitrogen functional groups attached to an aromatic ring is 2. The van der Waals surface area contributed by atoms with Crippen molar-refractivity contribution >= 4 is 60.4 Å². The third kappa shape index (κ3) is 17.7. The molecule has 2 aromatic carbocycles. The number of ether oxygens (including phenoxy) is 2. The number of sulfone groups is 2. The Bertz CT molecular complexity index is 2010. The number of rotatable bonds is 26. The molecule has 5 N–H and O–H groups in total. The highest BCUT2D eigenvalue weighted by Gasteiger charge is 2.35. The largest absolute Gasteiger partial charge is 0.486 e. The zero-order valence-electron chi connectivity index (χ0n) is 34.7. The van der Waals surface area contributed by atoms with Crippen molar-refractivity contribution in [2.24, 2.45) is 0 Å². The topological polar surface area (TPSA) is 228 Å². The normalized spacial score (nSPS) is 15.3. The molecule has 1 atom stereocenters. The number of nitrogens with two attached hydrogens (primary N) is 2. The number of halogens is 1. The minimum Gasteiger partial charge on any atom is -0.486 e. The molecule has 0 bridgehead atoms. The molecular weight excluding hydrogens is 832 g/mol. The monoisotopic (exact) mass is 891 g/mol. The molecule has 1 aromatic heterocycles. The number of quaternary nitrogens is 1. The minimum absolute atomic E-state index is 0.0414. The van der Waals surface area contributed by atoms with Crippen molar-refractivity contribution < 1.29 is 45.2 Å². The summed E-state index contributed by atoms with van der Waals surface area (Å²) in [6, 6.07) is 15.3. The van der Waals surface area contributed by atoms with Crippen LogP contribution in [0.1, 0.15) is 85.8 Å². The molecule has 3 aromatic rings. The number of hydrogen-bond donors (Lipinski definition) is 3. The van der Waals surface area contributed by atoms with Crippen LogP contribution in [-0.2, 0) is 42.1 Å². The first-order valence-electron chi connectivity index (χ1n) is 20.5. The van der Waals surface area contributed by atoms with Gasteiger partial charge in [0.15, 0.2) is 34.0 Å². The fraction of sp³-hybridized carbons (Fsp3) is 0.548. The Hall–Kier alpha value is -4.32. The maximum atomic E-state index is 13.3. The molecule has 0 radical (unpaired) electrons. The summed E-state index contributed by atoms with van der Waals surface area (Å²) in [6.45, 7) is 3.36. The molecule has 0 unspecified atom stereocenters. The molecule has 0 saturated carbocycles. The highest BCUT2D eigenvalue weighted by Crippen LogP contribution is 2.25. The molecule has 0 aliphatic carbocycles. The zero-order chi connectivity index (χ0) is 43.8. The van der Waals surface area contributed by atoms with Crippen LogP contribution in [-0.4, -0.2) is 118 Å². The number of nitrogens with zero attached hydrogens (tertiary/aromatic N) is 3. The van der Waals surface area contributed by atoms with Gasteiger partial charge in [0.25, 0.3) is 5.91 Å². The first-order valence-corrected chi connectivity index (χ1v) is 25.0. The van der Waals surface area contributed by atoms with Crippen molar-refractivity contribution in [3.05, 3.63) is 70.5 Å². The van der Waals surface area contributed by atoms with Crippen molar-refractivity contribution in [2.45, 2.75) is 83.1 Å². The maximum Gasteiger partial charge on any atom is 0.274 e. The van der Waals surface area contributed by atoms with Gasteiger partial charge in [-0.3, -0.25) is 14.4 Å². The number of ketones is 2. The van der Waals surface area contributed by atoms with E-state index in [-0.39, 0.29) is 77.7 Å². The van der Waals surface area contributed by atoms with Gasteiger partial charge in [0.05, 0.1) is 32.2 Å². The van der Waals surface area contributed by atoms with Gasteiger partial charge in [-0.2, -0.15) is 0 Å². The third-order valence-corrected chi connectivity index (χ3v) is 12.9. The van der Waals surface area contributed by atoms with E-state index in [9.17, 15) is 31.2 Å². The second-order valence-electron chi connectivity index (χ2n) is 16.0. The maximum absolute atomic E-state index is 13.3. The summed E-state index contributed by atoms with van der Waals surface area (Å²) in [7, 11) is -6.07. The Labute approximate surface area is 359 Å². The number of aryl methyl sites for hydroxylation is 2. The van der Waals surface area contributed by atoms with E-state index in [1.54, 1.807) is 0 Å². The van der Waals surface area contributed by atoms with Crippen LogP contribution in [0, 0.1) is 0 Å². The smallest absolute Gasteiger partial charge is 0.274 e. The lowest BCUT2D eigenvalue weighted by atomic mass is 9.99. The number of carbonyl (C=O) groups is 3. The second kappa shape index (κ2) is 23.0. The molecule has 1 aliphatic heterocycles. The van der Waals surface area contributed by atoms with Crippen molar-refractivity contribution in [1.82, 2.24) is 15.3 Å². The van der Waals surface area contributed by atoms with Crippen LogP contribution < -0.4 is 26.3 Å². The Morgan fingerprint density at radius 2 is 1.22 bits per heavy atom. The van der Waals surface area contributed by atoms with E-state index in [4.69, 9.17) is 32.5 Å². The summed E-state index contributed by atoms with van der Waals surface area (Å²) in [6.07, 6.45) is 10.0. The first-order chi connectivity index (χ1) is 28.4. The fourth-order valence-electron chi connectivity index (χ4n) is 7.41. The third-order valence-electron chi connectivity index (χ3n) is 10.5. The molecule has 15 nitrogen and oxygen atoms in total. The fourth-order valence-corrected chi connectivity index (χ4v) is 8.99. The predicted octanol–water partition coefficient (Wildman–Crippen LogP) is 4.59. The van der Waals surface area contributed by atoms with E-state index in [1.165, 1.54) is 12.5 Å². The van der Waals surface area contributed by atoms with Gasteiger partial charge >= 0.3 is 0 Å². The molecule has 1 fully saturated rings. The zero-order valence-corrected chi connectivity index (χ0v) is 37.1. The average Bonchev–Trinajstić information content (AvgIpc) is 3.18. The summed E-state index contributed by atoms with van der Waals surface area (Å²) in [5.41, 5.74) is 13.9. The minimum atomic E-state index is -3.04. The molecule has 0 spiro atoms. The van der Waals surface area contributed by atoms with Crippen LogP contribution >= 0.6 is 11.6 Å². The number of aromatic nitrogens is 2. The number of likely N-dealkylation sites (tertiary alicyclic amines) is 1. The molecule has 2 heterocycles. The SMILES string of the molecule is CS(=O)(=O)CCCCC(=O)COc1ccc(CCC[N+]2(CCCc3ccc(OCC(=O)CCCCS(C)(=O)=O)cc3)CCC[C@H](NC(=O)c3nc(Cl)c(N)nc3N)C2)cc1. The number of carbonyl (C=O) groups excluding carboxylic acids is 3. The Balaban J connectivity index is 1.31. The quantitative estimate of drug-likeness (QED) is 0.0741. The van der Waals surface area contributed by atoms with Crippen LogP contribution in [0.5, 0.6) is 11.5 Å². The van der Waals surface area contributed by atoms with E-state index in [1.807, 2.05) is 48.5 Å². The highest BCUT2D eigenvalue weighted by molar-refractivity contribution is 7.90. The number of unbranched alkanes of at least 4 members (excludes halogenated alkanes) is 2. The average molecular weight is 893 g/mol. The number of benzene rings is 2. The van der Waals surface area contributed by atoms with Crippen LogP contribution in [0.25, 0.3) is 0 Å². The van der Waals surface area contributed by atoms with Crippen LogP contribution in [0.4, 0.5) is 11.6 Å². The highest BCUT2D eigenvalue weighted by atomic mass is 35.5. The Morgan fingerprint density at radius 3 is 1.68 bits per heavy atom. The van der Waals surface area contributed by atoms with Crippen molar-refractivity contribution in [3.8, 4) is 11.5 Å². The van der Waals surface area contributed by atoms with E-state index in [0.717, 1.165) is 80.3 Å². The van der Waals surface area contributed by atoms with Gasteiger partial charge < -0.3 is 30.7 Å². The van der Waals surface area contributed by atoms with E-state index < -0.39 is 25.6 Å². The molecule has 1 amide bonds. The number of nitrogens with one attached hydrogen (secondary N) is 1. The number of Topliss-reactive ketones (excluding diaryl/α,β-unsaturated/α-hetero) is 2. The van der Waals surface area contributed by atoms with Gasteiger partial charge in [0.2, 0.25) is 0 Å². The van der Waals surface area contributed by atoms with Gasteiger partial charge in [-0.15, -0.1) is 0 Å².